The molecular weight excluding hydrogens is 128 g/mol. The molecule has 4 nitrogen and oxygen atoms in total. The van der Waals surface area contributed by atoms with E-state index in [9.17, 15) is 0 Å². The normalized spacial score (nSPS) is 31.8. The van der Waals surface area contributed by atoms with E-state index in [4.69, 9.17) is 11.1 Å². The van der Waals surface area contributed by atoms with Crippen molar-refractivity contribution >= 4 is 11.5 Å². The van der Waals surface area contributed by atoms with E-state index in [0.29, 0.717) is 11.5 Å². The second kappa shape index (κ2) is 1.97. The van der Waals surface area contributed by atoms with Crippen LogP contribution in [0.1, 0.15) is 20.3 Å². The van der Waals surface area contributed by atoms with Crippen molar-refractivity contribution in [1.82, 2.24) is 5.43 Å². The third-order valence-corrected chi connectivity index (χ3v) is 1.94. The minimum Gasteiger partial charge on any atom is -0.381 e. The van der Waals surface area contributed by atoms with Crippen molar-refractivity contribution < 1.29 is 0 Å². The summed E-state index contributed by atoms with van der Waals surface area (Å²) in [4.78, 5) is 0. The van der Waals surface area contributed by atoms with Crippen LogP contribution < -0.4 is 11.2 Å². The zero-order valence-corrected chi connectivity index (χ0v) is 6.23. The molecule has 0 aliphatic carbocycles. The standard InChI is InChI=1S/C6H12N4/c1-3-6(2)4(7)5(8)9-10-6/h7,10H,3H2,1-2H3,(H2,8,9). The van der Waals surface area contributed by atoms with Crippen molar-refractivity contribution in [2.45, 2.75) is 25.8 Å². The third-order valence-electron chi connectivity index (χ3n) is 1.94. The first kappa shape index (κ1) is 7.05. The average Bonchev–Trinajstić information content (AvgIpc) is 2.19. The van der Waals surface area contributed by atoms with Gasteiger partial charge < -0.3 is 5.73 Å². The van der Waals surface area contributed by atoms with Gasteiger partial charge in [-0.1, -0.05) is 6.92 Å². The van der Waals surface area contributed by atoms with Crippen molar-refractivity contribution in [2.24, 2.45) is 10.8 Å². The summed E-state index contributed by atoms with van der Waals surface area (Å²) in [6.07, 6.45) is 0.829. The SMILES string of the molecule is CCC1(C)NN=C(N)C1=N. The lowest BCUT2D eigenvalue weighted by Gasteiger charge is -2.20. The lowest BCUT2D eigenvalue weighted by molar-refractivity contribution is 0.485. The summed E-state index contributed by atoms with van der Waals surface area (Å²) in [5, 5.41) is 11.3. The van der Waals surface area contributed by atoms with Gasteiger partial charge >= 0.3 is 0 Å². The number of hydrogen-bond donors (Lipinski definition) is 3. The maximum atomic E-state index is 7.49. The van der Waals surface area contributed by atoms with Crippen molar-refractivity contribution in [2.75, 3.05) is 0 Å². The number of amidine groups is 1. The molecule has 10 heavy (non-hydrogen) atoms. The summed E-state index contributed by atoms with van der Waals surface area (Å²) in [5.41, 5.74) is 8.28. The monoisotopic (exact) mass is 140 g/mol. The first-order chi connectivity index (χ1) is 4.60. The van der Waals surface area contributed by atoms with Crippen LogP contribution in [0.15, 0.2) is 5.10 Å². The Balaban J connectivity index is 2.82. The zero-order valence-electron chi connectivity index (χ0n) is 6.23. The summed E-state index contributed by atoms with van der Waals surface area (Å²) in [7, 11) is 0. The van der Waals surface area contributed by atoms with Gasteiger partial charge in [0.2, 0.25) is 0 Å². The van der Waals surface area contributed by atoms with Crippen molar-refractivity contribution in [3.63, 3.8) is 0 Å². The second-order valence-corrected chi connectivity index (χ2v) is 2.67. The fourth-order valence-electron chi connectivity index (χ4n) is 0.834. The molecule has 4 heteroatoms. The molecule has 1 atom stereocenters. The Labute approximate surface area is 60.0 Å². The maximum Gasteiger partial charge on any atom is 0.166 e. The highest BCUT2D eigenvalue weighted by Gasteiger charge is 2.34. The van der Waals surface area contributed by atoms with Gasteiger partial charge in [0, 0.05) is 0 Å². The summed E-state index contributed by atoms with van der Waals surface area (Å²) < 4.78 is 0. The Morgan fingerprint density at radius 2 is 2.40 bits per heavy atom. The minimum absolute atomic E-state index is 0.310. The Morgan fingerprint density at radius 3 is 2.60 bits per heavy atom. The van der Waals surface area contributed by atoms with Gasteiger partial charge in [-0.05, 0) is 13.3 Å². The van der Waals surface area contributed by atoms with E-state index < -0.39 is 0 Å². The van der Waals surface area contributed by atoms with E-state index in [1.807, 2.05) is 13.8 Å². The highest BCUT2D eigenvalue weighted by Crippen LogP contribution is 2.14. The van der Waals surface area contributed by atoms with Gasteiger partial charge in [0.25, 0.3) is 0 Å². The van der Waals surface area contributed by atoms with Crippen LogP contribution in [0, 0.1) is 5.41 Å². The average molecular weight is 140 g/mol. The molecule has 0 amide bonds. The zero-order chi connectivity index (χ0) is 7.78. The number of rotatable bonds is 1. The molecule has 4 N–H and O–H groups in total. The predicted octanol–water partition coefficient (Wildman–Crippen LogP) is 0.0503. The van der Waals surface area contributed by atoms with Gasteiger partial charge in [-0.2, -0.15) is 5.10 Å². The van der Waals surface area contributed by atoms with Gasteiger partial charge in [0.05, 0.1) is 5.54 Å². The molecule has 0 fully saturated rings. The number of nitrogens with zero attached hydrogens (tertiary/aromatic N) is 1. The van der Waals surface area contributed by atoms with Crippen molar-refractivity contribution in [1.29, 1.82) is 5.41 Å². The van der Waals surface area contributed by atoms with Gasteiger partial charge in [0.15, 0.2) is 5.84 Å². The van der Waals surface area contributed by atoms with E-state index in [-0.39, 0.29) is 5.54 Å². The topological polar surface area (TPSA) is 74.3 Å². The third kappa shape index (κ3) is 0.761. The Morgan fingerprint density at radius 1 is 1.80 bits per heavy atom. The molecule has 1 rings (SSSR count). The molecule has 56 valence electrons. The van der Waals surface area contributed by atoms with E-state index in [1.54, 1.807) is 0 Å². The van der Waals surface area contributed by atoms with E-state index >= 15 is 0 Å². The van der Waals surface area contributed by atoms with E-state index in [0.717, 1.165) is 6.42 Å². The Hall–Kier alpha value is -1.06. The molecule has 0 aromatic carbocycles. The molecule has 1 aliphatic heterocycles. The molecular formula is C6H12N4. The summed E-state index contributed by atoms with van der Waals surface area (Å²) in [6, 6.07) is 0. The summed E-state index contributed by atoms with van der Waals surface area (Å²) >= 11 is 0. The van der Waals surface area contributed by atoms with Gasteiger partial charge in [-0.25, -0.2) is 0 Å². The lowest BCUT2D eigenvalue weighted by Crippen LogP contribution is -2.44. The van der Waals surface area contributed by atoms with E-state index in [2.05, 4.69) is 10.5 Å². The molecule has 0 saturated heterocycles. The highest BCUT2D eigenvalue weighted by molar-refractivity contribution is 6.44. The predicted molar refractivity (Wildman–Crippen MR) is 41.2 cm³/mol. The minimum atomic E-state index is -0.329. The van der Waals surface area contributed by atoms with Gasteiger partial charge in [-0.3, -0.25) is 10.8 Å². The Kier molecular flexibility index (Phi) is 1.39. The summed E-state index contributed by atoms with van der Waals surface area (Å²) in [6.45, 7) is 3.91. The van der Waals surface area contributed by atoms with Crippen molar-refractivity contribution in [3.05, 3.63) is 0 Å². The molecule has 0 saturated carbocycles. The van der Waals surface area contributed by atoms with Crippen LogP contribution in [0.4, 0.5) is 0 Å². The first-order valence-corrected chi connectivity index (χ1v) is 3.30. The number of nitrogens with two attached hydrogens (primary N) is 1. The van der Waals surface area contributed by atoms with Crippen molar-refractivity contribution in [3.8, 4) is 0 Å². The lowest BCUT2D eigenvalue weighted by atomic mass is 9.94. The van der Waals surface area contributed by atoms with Crippen LogP contribution in [0.25, 0.3) is 0 Å². The number of hydrogen-bond acceptors (Lipinski definition) is 4. The first-order valence-electron chi connectivity index (χ1n) is 3.30. The smallest absolute Gasteiger partial charge is 0.166 e. The van der Waals surface area contributed by atoms with E-state index in [1.165, 1.54) is 0 Å². The molecule has 0 radical (unpaired) electrons. The summed E-state index contributed by atoms with van der Waals surface area (Å²) in [5.74, 6) is 0.310. The van der Waals surface area contributed by atoms with Crippen LogP contribution in [0.5, 0.6) is 0 Å². The van der Waals surface area contributed by atoms with Crippen LogP contribution in [0.3, 0.4) is 0 Å². The molecule has 0 spiro atoms. The fourth-order valence-corrected chi connectivity index (χ4v) is 0.834. The van der Waals surface area contributed by atoms with Crippen LogP contribution >= 0.6 is 0 Å². The van der Waals surface area contributed by atoms with Gasteiger partial charge in [-0.15, -0.1) is 0 Å². The molecule has 1 unspecified atom stereocenters. The quantitative estimate of drug-likeness (QED) is 0.481. The molecule has 0 bridgehead atoms. The van der Waals surface area contributed by atoms with Crippen LogP contribution in [0.2, 0.25) is 0 Å². The van der Waals surface area contributed by atoms with Gasteiger partial charge in [0.1, 0.15) is 5.71 Å². The Bertz CT molecular complexity index is 196. The van der Waals surface area contributed by atoms with Crippen LogP contribution in [-0.2, 0) is 0 Å². The fraction of sp³-hybridized carbons (Fsp3) is 0.667. The molecule has 1 heterocycles. The largest absolute Gasteiger partial charge is 0.381 e. The highest BCUT2D eigenvalue weighted by atomic mass is 15.4. The molecule has 0 aromatic rings. The number of nitrogens with one attached hydrogen (secondary N) is 2. The van der Waals surface area contributed by atoms with Crippen LogP contribution in [-0.4, -0.2) is 17.1 Å². The molecule has 0 aromatic heterocycles. The second-order valence-electron chi connectivity index (χ2n) is 2.67. The molecule has 1 aliphatic rings. The maximum absolute atomic E-state index is 7.49. The number of hydrazone groups is 1.